The maximum Gasteiger partial charge on any atom is 0.345 e. The number of thiophene rings is 1. The zero-order valence-electron chi connectivity index (χ0n) is 16.2. The third-order valence-corrected chi connectivity index (χ3v) is 6.10. The summed E-state index contributed by atoms with van der Waals surface area (Å²) < 4.78 is 15.6. The van der Waals surface area contributed by atoms with E-state index >= 15 is 0 Å². The lowest BCUT2D eigenvalue weighted by atomic mass is 9.83. The van der Waals surface area contributed by atoms with Crippen molar-refractivity contribution in [1.82, 2.24) is 0 Å². The summed E-state index contributed by atoms with van der Waals surface area (Å²) in [6.07, 6.45) is 5.26. The normalized spacial score (nSPS) is 16.4. The minimum Gasteiger partial charge on any atom is -0.453 e. The lowest BCUT2D eigenvalue weighted by Crippen LogP contribution is -2.36. The van der Waals surface area contributed by atoms with Crippen molar-refractivity contribution in [2.24, 2.45) is 5.41 Å². The van der Waals surface area contributed by atoms with Crippen LogP contribution in [0.15, 0.2) is 17.5 Å². The first-order valence-corrected chi connectivity index (χ1v) is 10.3. The van der Waals surface area contributed by atoms with Crippen molar-refractivity contribution >= 4 is 29.2 Å². The summed E-state index contributed by atoms with van der Waals surface area (Å²) in [6, 6.07) is 3.92. The van der Waals surface area contributed by atoms with Crippen molar-refractivity contribution in [2.45, 2.75) is 64.9 Å². The number of carbonyl (C=O) groups excluding carboxylic acids is 3. The van der Waals surface area contributed by atoms with E-state index in [1.54, 1.807) is 25.2 Å². The smallest absolute Gasteiger partial charge is 0.345 e. The fraction of sp³-hybridized carbons (Fsp3) is 0.650. The maximum absolute atomic E-state index is 12.3. The summed E-state index contributed by atoms with van der Waals surface area (Å²) in [6.45, 7) is 4.36. The third-order valence-electron chi connectivity index (χ3n) is 5.05. The van der Waals surface area contributed by atoms with Crippen LogP contribution >= 0.6 is 11.3 Å². The molecule has 0 atom stereocenters. The van der Waals surface area contributed by atoms with Crippen molar-refractivity contribution in [1.29, 1.82) is 0 Å². The molecule has 1 fully saturated rings. The van der Waals surface area contributed by atoms with Crippen LogP contribution in [0.3, 0.4) is 0 Å². The van der Waals surface area contributed by atoms with Gasteiger partial charge in [-0.15, -0.1) is 11.3 Å². The molecule has 0 amide bonds. The van der Waals surface area contributed by atoms with Crippen molar-refractivity contribution in [3.05, 3.63) is 22.4 Å². The van der Waals surface area contributed by atoms with Crippen LogP contribution < -0.4 is 0 Å². The van der Waals surface area contributed by atoms with Crippen molar-refractivity contribution < 1.29 is 28.6 Å². The summed E-state index contributed by atoms with van der Waals surface area (Å²) in [5.41, 5.74) is -1.28. The molecule has 6 nitrogen and oxygen atoms in total. The van der Waals surface area contributed by atoms with Crippen molar-refractivity contribution in [3.8, 4) is 0 Å². The summed E-state index contributed by atoms with van der Waals surface area (Å²) >= 11 is 1.57. The molecule has 7 heteroatoms. The molecule has 0 N–H and O–H groups in total. The van der Waals surface area contributed by atoms with E-state index in [-0.39, 0.29) is 0 Å². The predicted molar refractivity (Wildman–Crippen MR) is 101 cm³/mol. The first kappa shape index (κ1) is 21.4. The highest BCUT2D eigenvalue weighted by molar-refractivity contribution is 7.10. The second kappa shape index (κ2) is 9.35. The quantitative estimate of drug-likeness (QED) is 0.489. The molecule has 1 aromatic rings. The molecule has 27 heavy (non-hydrogen) atoms. The van der Waals surface area contributed by atoms with Gasteiger partial charge in [0.2, 0.25) is 0 Å². The molecule has 0 spiro atoms. The van der Waals surface area contributed by atoms with E-state index in [4.69, 9.17) is 14.2 Å². The Morgan fingerprint density at radius 2 is 1.74 bits per heavy atom. The number of esters is 3. The Hall–Kier alpha value is -1.89. The molecular formula is C20H28O6S. The van der Waals surface area contributed by atoms with Gasteiger partial charge in [-0.25, -0.2) is 9.59 Å². The largest absolute Gasteiger partial charge is 0.453 e. The molecule has 0 bridgehead atoms. The van der Waals surface area contributed by atoms with Gasteiger partial charge in [-0.3, -0.25) is 4.79 Å². The molecule has 0 radical (unpaired) electrons. The van der Waals surface area contributed by atoms with Crippen LogP contribution in [-0.2, 0) is 34.2 Å². The average Bonchev–Trinajstić information content (AvgIpc) is 3.20. The minimum atomic E-state index is -0.763. The highest BCUT2D eigenvalue weighted by Crippen LogP contribution is 2.42. The van der Waals surface area contributed by atoms with Crippen molar-refractivity contribution in [3.63, 3.8) is 0 Å². The standard InChI is InChI=1S/C20H28O6S/c1-4-19(2,3)18(23)25-13-16(21)24-14-17(22)26-20(10-6-5-7-11-20)15-9-8-12-27-15/h8-9,12H,4-7,10-11,13-14H2,1-3H3. The predicted octanol–water partition coefficient (Wildman–Crippen LogP) is 3.97. The van der Waals surface area contributed by atoms with Gasteiger partial charge >= 0.3 is 17.9 Å². The van der Waals surface area contributed by atoms with Gasteiger partial charge in [0.25, 0.3) is 0 Å². The first-order valence-electron chi connectivity index (χ1n) is 9.38. The molecule has 2 rings (SSSR count). The molecule has 1 aliphatic carbocycles. The molecule has 0 saturated heterocycles. The monoisotopic (exact) mass is 396 g/mol. The van der Waals surface area contributed by atoms with Crippen LogP contribution in [0.5, 0.6) is 0 Å². The van der Waals surface area contributed by atoms with Gasteiger partial charge in [0, 0.05) is 4.88 Å². The van der Waals surface area contributed by atoms with Gasteiger partial charge in [-0.2, -0.15) is 0 Å². The van der Waals surface area contributed by atoms with Crippen LogP contribution in [0.1, 0.15) is 64.2 Å². The molecule has 0 aromatic carbocycles. The Morgan fingerprint density at radius 3 is 2.33 bits per heavy atom. The lowest BCUT2D eigenvalue weighted by molar-refractivity contribution is -0.177. The fourth-order valence-electron chi connectivity index (χ4n) is 2.95. The fourth-order valence-corrected chi connectivity index (χ4v) is 3.87. The second-order valence-corrected chi connectivity index (χ2v) is 8.43. The van der Waals surface area contributed by atoms with Gasteiger partial charge in [-0.1, -0.05) is 19.4 Å². The van der Waals surface area contributed by atoms with E-state index in [0.717, 1.165) is 37.0 Å². The van der Waals surface area contributed by atoms with Gasteiger partial charge in [0.05, 0.1) is 5.41 Å². The van der Waals surface area contributed by atoms with Gasteiger partial charge < -0.3 is 14.2 Å². The Labute approximate surface area is 164 Å². The number of hydrogen-bond donors (Lipinski definition) is 0. The van der Waals surface area contributed by atoms with E-state index < -0.39 is 42.1 Å². The van der Waals surface area contributed by atoms with E-state index in [1.807, 2.05) is 24.4 Å². The van der Waals surface area contributed by atoms with Gasteiger partial charge in [0.1, 0.15) is 5.60 Å². The molecule has 0 aliphatic heterocycles. The minimum absolute atomic E-state index is 0.469. The molecule has 1 heterocycles. The van der Waals surface area contributed by atoms with E-state index in [1.165, 1.54) is 0 Å². The lowest BCUT2D eigenvalue weighted by Gasteiger charge is -2.35. The van der Waals surface area contributed by atoms with Gasteiger partial charge in [-0.05, 0) is 57.4 Å². The van der Waals surface area contributed by atoms with Crippen LogP contribution in [0.2, 0.25) is 0 Å². The molecule has 1 saturated carbocycles. The number of carbonyl (C=O) groups is 3. The summed E-state index contributed by atoms with van der Waals surface area (Å²) in [7, 11) is 0. The summed E-state index contributed by atoms with van der Waals surface area (Å²) in [5.74, 6) is -1.82. The first-order chi connectivity index (χ1) is 12.8. The van der Waals surface area contributed by atoms with Crippen LogP contribution in [0.4, 0.5) is 0 Å². The number of rotatable bonds is 8. The number of hydrogen-bond acceptors (Lipinski definition) is 7. The van der Waals surface area contributed by atoms with E-state index in [9.17, 15) is 14.4 Å². The zero-order chi connectivity index (χ0) is 19.9. The molecule has 150 valence electrons. The van der Waals surface area contributed by atoms with E-state index in [0.29, 0.717) is 6.42 Å². The molecular weight excluding hydrogens is 368 g/mol. The average molecular weight is 397 g/mol. The second-order valence-electron chi connectivity index (χ2n) is 7.48. The van der Waals surface area contributed by atoms with Crippen molar-refractivity contribution in [2.75, 3.05) is 13.2 Å². The molecule has 1 aliphatic rings. The molecule has 1 aromatic heterocycles. The summed E-state index contributed by atoms with van der Waals surface area (Å²) in [4.78, 5) is 36.9. The highest BCUT2D eigenvalue weighted by Gasteiger charge is 2.39. The summed E-state index contributed by atoms with van der Waals surface area (Å²) in [5, 5.41) is 1.96. The Bertz CT molecular complexity index is 643. The molecule has 0 unspecified atom stereocenters. The zero-order valence-corrected chi connectivity index (χ0v) is 17.1. The van der Waals surface area contributed by atoms with Gasteiger partial charge in [0.15, 0.2) is 13.2 Å². The van der Waals surface area contributed by atoms with Crippen LogP contribution in [0, 0.1) is 5.41 Å². The van der Waals surface area contributed by atoms with E-state index in [2.05, 4.69) is 0 Å². The highest BCUT2D eigenvalue weighted by atomic mass is 32.1. The topological polar surface area (TPSA) is 78.9 Å². The maximum atomic E-state index is 12.3. The Balaban J connectivity index is 1.82. The number of ether oxygens (including phenoxy) is 3. The Morgan fingerprint density at radius 1 is 1.07 bits per heavy atom. The Kier molecular flexibility index (Phi) is 7.41. The third kappa shape index (κ3) is 5.79. The van der Waals surface area contributed by atoms with Crippen LogP contribution in [0.25, 0.3) is 0 Å². The van der Waals surface area contributed by atoms with Crippen LogP contribution in [-0.4, -0.2) is 31.1 Å². The SMILES string of the molecule is CCC(C)(C)C(=O)OCC(=O)OCC(=O)OC1(c2cccs2)CCCCC1.